The van der Waals surface area contributed by atoms with Gasteiger partial charge in [-0.25, -0.2) is 0 Å². The van der Waals surface area contributed by atoms with Gasteiger partial charge in [0.1, 0.15) is 12.9 Å². The van der Waals surface area contributed by atoms with Gasteiger partial charge in [0, 0.05) is 13.0 Å². The second-order valence-electron chi connectivity index (χ2n) is 10.5. The molecule has 0 aromatic carbocycles. The van der Waals surface area contributed by atoms with Crippen molar-refractivity contribution < 1.29 is 53.8 Å². The first kappa shape index (κ1) is 33.3. The van der Waals surface area contributed by atoms with E-state index in [4.69, 9.17) is 9.47 Å². The zero-order valence-electron chi connectivity index (χ0n) is 22.8. The van der Waals surface area contributed by atoms with Crippen molar-refractivity contribution in [3.05, 3.63) is 0 Å². The summed E-state index contributed by atoms with van der Waals surface area (Å²) in [7, 11) is 0. The van der Waals surface area contributed by atoms with Gasteiger partial charge in [-0.1, -0.05) is 47.5 Å². The summed E-state index contributed by atoms with van der Waals surface area (Å²) in [5.74, 6) is -8.60. The number of aliphatic hydroxyl groups excluding tert-OH is 2. The van der Waals surface area contributed by atoms with Gasteiger partial charge < -0.3 is 34.6 Å². The molecule has 11 nitrogen and oxygen atoms in total. The molecular formula is C26H44O11. The first-order valence-electron chi connectivity index (χ1n) is 13.0. The summed E-state index contributed by atoms with van der Waals surface area (Å²) < 4.78 is 15.6. The van der Waals surface area contributed by atoms with E-state index >= 15 is 0 Å². The van der Waals surface area contributed by atoms with Crippen LogP contribution in [0.3, 0.4) is 0 Å². The van der Waals surface area contributed by atoms with Crippen molar-refractivity contribution in [2.45, 2.75) is 104 Å². The molecule has 0 aliphatic carbocycles. The average Bonchev–Trinajstić information content (AvgIpc) is 3.23. The Morgan fingerprint density at radius 1 is 1.08 bits per heavy atom. The Hall–Kier alpha value is -1.76. The molecule has 0 radical (unpaired) electrons. The normalized spacial score (nSPS) is 23.4. The number of ether oxygens (including phenoxy) is 3. The van der Waals surface area contributed by atoms with E-state index in [1.165, 1.54) is 20.8 Å². The molecule has 0 bridgehead atoms. The molecule has 0 aromatic heterocycles. The van der Waals surface area contributed by atoms with Gasteiger partial charge in [0.2, 0.25) is 11.6 Å². The van der Waals surface area contributed by atoms with Gasteiger partial charge in [0.25, 0.3) is 5.78 Å². The van der Waals surface area contributed by atoms with Crippen LogP contribution in [0.15, 0.2) is 0 Å². The number of hydrogen-bond donors (Lipinski definition) is 4. The van der Waals surface area contributed by atoms with E-state index in [2.05, 4.69) is 4.74 Å². The SMILES string of the molecule is CCC(CC(CO)CCC(=O)C(=O)C(O)C(C)CC)CC1OCOC1(C)C(=O)C(O)(O)OC(=O)C(C)C. The van der Waals surface area contributed by atoms with Gasteiger partial charge in [-0.05, 0) is 43.9 Å². The zero-order valence-corrected chi connectivity index (χ0v) is 22.8. The standard InChI is InChI=1S/C26H44O11/c1-7-16(5)21(29)22(30)19(28)10-9-18(13-27)11-17(8-2)12-20-25(6,36-14-35-20)24(32)26(33,34)37-23(31)15(3)4/h15-18,20-21,27,29,33-34H,7-14H2,1-6H3. The summed E-state index contributed by atoms with van der Waals surface area (Å²) in [6.45, 7) is 9.18. The Morgan fingerprint density at radius 2 is 1.70 bits per heavy atom. The minimum atomic E-state index is -3.40. The average molecular weight is 533 g/mol. The number of hydrogen-bond acceptors (Lipinski definition) is 11. The minimum absolute atomic E-state index is 0.105. The van der Waals surface area contributed by atoms with E-state index in [1.807, 2.05) is 13.8 Å². The lowest BCUT2D eigenvalue weighted by Gasteiger charge is -2.34. The highest BCUT2D eigenvalue weighted by Crippen LogP contribution is 2.36. The first-order chi connectivity index (χ1) is 17.1. The van der Waals surface area contributed by atoms with E-state index in [9.17, 15) is 39.6 Å². The number of ketones is 3. The van der Waals surface area contributed by atoms with Crippen molar-refractivity contribution >= 4 is 23.3 Å². The van der Waals surface area contributed by atoms with E-state index in [0.717, 1.165) is 0 Å². The molecule has 4 N–H and O–H groups in total. The molecule has 1 saturated heterocycles. The van der Waals surface area contributed by atoms with Crippen molar-refractivity contribution in [1.29, 1.82) is 0 Å². The lowest BCUT2D eigenvalue weighted by Crippen LogP contribution is -2.58. The molecule has 214 valence electrons. The predicted octanol–water partition coefficient (Wildman–Crippen LogP) is 1.26. The monoisotopic (exact) mass is 532 g/mol. The van der Waals surface area contributed by atoms with Gasteiger partial charge in [-0.2, -0.15) is 0 Å². The van der Waals surface area contributed by atoms with Gasteiger partial charge in [-0.3, -0.25) is 19.2 Å². The molecule has 1 fully saturated rings. The van der Waals surface area contributed by atoms with Crippen molar-refractivity contribution in [1.82, 2.24) is 0 Å². The Balaban J connectivity index is 2.83. The third-order valence-electron chi connectivity index (χ3n) is 7.26. The van der Waals surface area contributed by atoms with Crippen molar-refractivity contribution in [2.24, 2.45) is 23.7 Å². The lowest BCUT2D eigenvalue weighted by molar-refractivity contribution is -0.305. The molecule has 1 heterocycles. The van der Waals surface area contributed by atoms with Crippen LogP contribution in [0.5, 0.6) is 0 Å². The molecule has 1 aliphatic heterocycles. The topological polar surface area (TPSA) is 177 Å². The van der Waals surface area contributed by atoms with Crippen LogP contribution in [0.25, 0.3) is 0 Å². The summed E-state index contributed by atoms with van der Waals surface area (Å²) in [6, 6.07) is 0. The summed E-state index contributed by atoms with van der Waals surface area (Å²) in [4.78, 5) is 49.2. The number of carbonyl (C=O) groups is 4. The maximum atomic E-state index is 13.0. The van der Waals surface area contributed by atoms with Crippen LogP contribution in [-0.4, -0.2) is 80.9 Å². The van der Waals surface area contributed by atoms with Gasteiger partial charge in [0.15, 0.2) is 5.60 Å². The van der Waals surface area contributed by atoms with Crippen LogP contribution in [0.4, 0.5) is 0 Å². The van der Waals surface area contributed by atoms with Gasteiger partial charge >= 0.3 is 11.9 Å². The molecule has 0 spiro atoms. The maximum Gasteiger partial charge on any atom is 0.391 e. The Kier molecular flexibility index (Phi) is 13.0. The van der Waals surface area contributed by atoms with Crippen LogP contribution >= 0.6 is 0 Å². The fourth-order valence-electron chi connectivity index (χ4n) is 4.22. The zero-order chi connectivity index (χ0) is 28.6. The van der Waals surface area contributed by atoms with Crippen molar-refractivity contribution in [3.8, 4) is 0 Å². The van der Waals surface area contributed by atoms with Gasteiger partial charge in [0.05, 0.1) is 12.0 Å². The summed E-state index contributed by atoms with van der Waals surface area (Å²) in [5, 5.41) is 40.3. The molecule has 0 amide bonds. The fourth-order valence-corrected chi connectivity index (χ4v) is 4.22. The predicted molar refractivity (Wildman–Crippen MR) is 131 cm³/mol. The molecule has 1 rings (SSSR count). The second-order valence-corrected chi connectivity index (χ2v) is 10.5. The summed E-state index contributed by atoms with van der Waals surface area (Å²) in [6.07, 6.45) is -0.230. The highest BCUT2D eigenvalue weighted by Gasteiger charge is 2.57. The molecule has 0 aromatic rings. The minimum Gasteiger partial charge on any atom is -0.401 e. The fraction of sp³-hybridized carbons (Fsp3) is 0.846. The number of Topliss-reactive ketones (excluding diaryl/α,β-unsaturated/α-hetero) is 3. The number of esters is 1. The van der Waals surface area contributed by atoms with Crippen LogP contribution < -0.4 is 0 Å². The van der Waals surface area contributed by atoms with Crippen molar-refractivity contribution in [3.63, 3.8) is 0 Å². The number of carbonyl (C=O) groups excluding carboxylic acids is 4. The molecule has 11 heteroatoms. The van der Waals surface area contributed by atoms with E-state index in [1.54, 1.807) is 6.92 Å². The van der Waals surface area contributed by atoms with Crippen LogP contribution in [0.2, 0.25) is 0 Å². The van der Waals surface area contributed by atoms with E-state index in [0.29, 0.717) is 19.3 Å². The van der Waals surface area contributed by atoms with Gasteiger partial charge in [-0.15, -0.1) is 0 Å². The molecule has 0 saturated carbocycles. The molecule has 37 heavy (non-hydrogen) atoms. The third-order valence-corrected chi connectivity index (χ3v) is 7.26. The van der Waals surface area contributed by atoms with E-state index < -0.39 is 53.0 Å². The smallest absolute Gasteiger partial charge is 0.391 e. The molecule has 6 atom stereocenters. The Morgan fingerprint density at radius 3 is 2.22 bits per heavy atom. The molecular weight excluding hydrogens is 488 g/mol. The quantitative estimate of drug-likeness (QED) is 0.120. The van der Waals surface area contributed by atoms with Crippen molar-refractivity contribution in [2.75, 3.05) is 13.4 Å². The van der Waals surface area contributed by atoms with Crippen LogP contribution in [-0.2, 0) is 33.4 Å². The highest BCUT2D eigenvalue weighted by atomic mass is 16.8. The first-order valence-corrected chi connectivity index (χ1v) is 13.0. The number of rotatable bonds is 17. The largest absolute Gasteiger partial charge is 0.401 e. The van der Waals surface area contributed by atoms with E-state index in [-0.39, 0.29) is 50.4 Å². The number of aliphatic hydroxyl groups is 4. The van der Waals surface area contributed by atoms with Crippen LogP contribution in [0, 0.1) is 23.7 Å². The Labute approximate surface area is 218 Å². The molecule has 1 aliphatic rings. The highest BCUT2D eigenvalue weighted by molar-refractivity contribution is 6.38. The lowest BCUT2D eigenvalue weighted by atomic mass is 9.81. The summed E-state index contributed by atoms with van der Waals surface area (Å²) in [5.41, 5.74) is -1.81. The van der Waals surface area contributed by atoms with Crippen LogP contribution in [0.1, 0.15) is 80.1 Å². The maximum absolute atomic E-state index is 13.0. The summed E-state index contributed by atoms with van der Waals surface area (Å²) >= 11 is 0. The second kappa shape index (κ2) is 14.4. The molecule has 6 unspecified atom stereocenters. The Bertz CT molecular complexity index is 793. The third kappa shape index (κ3) is 8.90.